The van der Waals surface area contributed by atoms with Crippen molar-refractivity contribution < 1.29 is 0 Å². The summed E-state index contributed by atoms with van der Waals surface area (Å²) in [4.78, 5) is 0. The molecule has 2 heteroatoms. The van der Waals surface area contributed by atoms with E-state index >= 15 is 0 Å². The summed E-state index contributed by atoms with van der Waals surface area (Å²) in [7, 11) is 0. The molecule has 1 aliphatic heterocycles. The Morgan fingerprint density at radius 1 is 1.22 bits per heavy atom. The van der Waals surface area contributed by atoms with Crippen LogP contribution in [0.2, 0.25) is 0 Å². The van der Waals surface area contributed by atoms with Crippen molar-refractivity contribution in [2.45, 2.75) is 31.1 Å². The minimum Gasteiger partial charge on any atom is -0.309 e. The molecule has 1 nitrogen and oxygen atoms in total. The van der Waals surface area contributed by atoms with Crippen molar-refractivity contribution in [1.82, 2.24) is 5.32 Å². The monoisotopic (exact) mass is 259 g/mol. The zero-order chi connectivity index (χ0) is 12.2. The highest BCUT2D eigenvalue weighted by Gasteiger charge is 2.20. The Morgan fingerprint density at radius 3 is 3.06 bits per heavy atom. The Balaban J connectivity index is 1.62. The number of hydrogen-bond acceptors (Lipinski definition) is 2. The van der Waals surface area contributed by atoms with Gasteiger partial charge in [0.1, 0.15) is 0 Å². The smallest absolute Gasteiger partial charge is 0.0415 e. The van der Waals surface area contributed by atoms with Gasteiger partial charge in [-0.25, -0.2) is 0 Å². The average molecular weight is 259 g/mol. The third-order valence-corrected chi connectivity index (χ3v) is 5.09. The lowest BCUT2D eigenvalue weighted by molar-refractivity contribution is 0.416. The summed E-state index contributed by atoms with van der Waals surface area (Å²) in [5, 5.41) is 3.79. The second-order valence-electron chi connectivity index (χ2n) is 5.33. The number of nitrogens with one attached hydrogen (secondary N) is 1. The van der Waals surface area contributed by atoms with E-state index in [1.54, 1.807) is 0 Å². The standard InChI is InChI=1S/C16H21NS/c1-2-6-13(7-3-1)10-17-16-12-18-11-14-8-4-5-9-15(14)16/h1-2,4-5,8-9,13,16-17H,3,6-7,10-12H2. The van der Waals surface area contributed by atoms with Gasteiger partial charge in [0, 0.05) is 17.5 Å². The Kier molecular flexibility index (Phi) is 4.06. The van der Waals surface area contributed by atoms with Crippen LogP contribution in [0, 0.1) is 5.92 Å². The number of benzene rings is 1. The van der Waals surface area contributed by atoms with Gasteiger partial charge < -0.3 is 5.32 Å². The molecule has 0 saturated carbocycles. The van der Waals surface area contributed by atoms with Gasteiger partial charge in [0.15, 0.2) is 0 Å². The van der Waals surface area contributed by atoms with Crippen LogP contribution in [0.5, 0.6) is 0 Å². The van der Waals surface area contributed by atoms with E-state index in [2.05, 4.69) is 53.5 Å². The number of fused-ring (bicyclic) bond motifs is 1. The predicted molar refractivity (Wildman–Crippen MR) is 79.8 cm³/mol. The molecular weight excluding hydrogens is 238 g/mol. The molecule has 1 aliphatic carbocycles. The average Bonchev–Trinajstić information content (AvgIpc) is 2.46. The normalized spacial score (nSPS) is 26.9. The first-order chi connectivity index (χ1) is 8.93. The van der Waals surface area contributed by atoms with E-state index < -0.39 is 0 Å². The van der Waals surface area contributed by atoms with Gasteiger partial charge in [-0.05, 0) is 42.9 Å². The van der Waals surface area contributed by atoms with Gasteiger partial charge in [0.25, 0.3) is 0 Å². The molecule has 1 heterocycles. The van der Waals surface area contributed by atoms with Gasteiger partial charge in [-0.2, -0.15) is 11.8 Å². The lowest BCUT2D eigenvalue weighted by Crippen LogP contribution is -2.31. The van der Waals surface area contributed by atoms with Crippen LogP contribution in [-0.2, 0) is 5.75 Å². The summed E-state index contributed by atoms with van der Waals surface area (Å²) in [5.41, 5.74) is 3.05. The molecule has 0 amide bonds. The number of allylic oxidation sites excluding steroid dienone is 2. The number of hydrogen-bond donors (Lipinski definition) is 1. The van der Waals surface area contributed by atoms with Gasteiger partial charge in [-0.3, -0.25) is 0 Å². The lowest BCUT2D eigenvalue weighted by atomic mass is 9.93. The van der Waals surface area contributed by atoms with Crippen molar-refractivity contribution in [1.29, 1.82) is 0 Å². The van der Waals surface area contributed by atoms with Crippen molar-refractivity contribution in [3.63, 3.8) is 0 Å². The lowest BCUT2D eigenvalue weighted by Gasteiger charge is -2.28. The maximum absolute atomic E-state index is 3.79. The third-order valence-electron chi connectivity index (χ3n) is 4.00. The summed E-state index contributed by atoms with van der Waals surface area (Å²) in [6, 6.07) is 9.47. The fourth-order valence-electron chi connectivity index (χ4n) is 2.90. The van der Waals surface area contributed by atoms with Crippen LogP contribution < -0.4 is 5.32 Å². The number of rotatable bonds is 3. The largest absolute Gasteiger partial charge is 0.309 e. The molecule has 2 unspecified atom stereocenters. The molecule has 18 heavy (non-hydrogen) atoms. The van der Waals surface area contributed by atoms with Crippen molar-refractivity contribution in [3.8, 4) is 0 Å². The fourth-order valence-corrected chi connectivity index (χ4v) is 4.04. The Bertz CT molecular complexity index is 427. The molecule has 2 atom stereocenters. The number of thioether (sulfide) groups is 1. The summed E-state index contributed by atoms with van der Waals surface area (Å²) in [5.74, 6) is 3.24. The zero-order valence-electron chi connectivity index (χ0n) is 10.8. The molecule has 2 aliphatic rings. The van der Waals surface area contributed by atoms with Gasteiger partial charge in [-0.15, -0.1) is 0 Å². The second kappa shape index (κ2) is 5.94. The van der Waals surface area contributed by atoms with Crippen LogP contribution in [0.3, 0.4) is 0 Å². The fraction of sp³-hybridized carbons (Fsp3) is 0.500. The first kappa shape index (κ1) is 12.3. The van der Waals surface area contributed by atoms with Crippen molar-refractivity contribution in [2.75, 3.05) is 12.3 Å². The molecule has 1 N–H and O–H groups in total. The second-order valence-corrected chi connectivity index (χ2v) is 6.36. The summed E-state index contributed by atoms with van der Waals surface area (Å²) < 4.78 is 0. The van der Waals surface area contributed by atoms with E-state index in [1.807, 2.05) is 0 Å². The Morgan fingerprint density at radius 2 is 2.17 bits per heavy atom. The van der Waals surface area contributed by atoms with E-state index in [4.69, 9.17) is 0 Å². The minimum atomic E-state index is 0.561. The van der Waals surface area contributed by atoms with Gasteiger partial charge in [0.2, 0.25) is 0 Å². The van der Waals surface area contributed by atoms with Crippen LogP contribution >= 0.6 is 11.8 Å². The molecule has 96 valence electrons. The molecular formula is C16H21NS. The summed E-state index contributed by atoms with van der Waals surface area (Å²) >= 11 is 2.06. The topological polar surface area (TPSA) is 12.0 Å². The van der Waals surface area contributed by atoms with Gasteiger partial charge in [-0.1, -0.05) is 36.4 Å². The molecule has 3 rings (SSSR count). The first-order valence-electron chi connectivity index (χ1n) is 6.97. The van der Waals surface area contributed by atoms with Crippen molar-refractivity contribution in [2.24, 2.45) is 5.92 Å². The summed E-state index contributed by atoms with van der Waals surface area (Å²) in [6.07, 6.45) is 8.55. The van der Waals surface area contributed by atoms with Gasteiger partial charge in [0.05, 0.1) is 0 Å². The molecule has 0 saturated heterocycles. The molecule has 1 aromatic carbocycles. The third kappa shape index (κ3) is 2.81. The van der Waals surface area contributed by atoms with E-state index in [0.29, 0.717) is 6.04 Å². The molecule has 0 bridgehead atoms. The van der Waals surface area contributed by atoms with E-state index in [9.17, 15) is 0 Å². The molecule has 0 aromatic heterocycles. The maximum atomic E-state index is 3.79. The van der Waals surface area contributed by atoms with Crippen LogP contribution in [0.1, 0.15) is 36.4 Å². The zero-order valence-corrected chi connectivity index (χ0v) is 11.6. The van der Waals surface area contributed by atoms with Crippen LogP contribution in [0.25, 0.3) is 0 Å². The highest BCUT2D eigenvalue weighted by Crippen LogP contribution is 2.31. The van der Waals surface area contributed by atoms with Crippen molar-refractivity contribution >= 4 is 11.8 Å². The highest BCUT2D eigenvalue weighted by molar-refractivity contribution is 7.98. The van der Waals surface area contributed by atoms with Crippen LogP contribution in [0.15, 0.2) is 36.4 Å². The quantitative estimate of drug-likeness (QED) is 0.826. The Hall–Kier alpha value is -0.730. The maximum Gasteiger partial charge on any atom is 0.0415 e. The SMILES string of the molecule is C1=CCC(CNC2CSCc3ccccc32)CC1. The molecule has 0 spiro atoms. The van der Waals surface area contributed by atoms with Crippen LogP contribution in [0.4, 0.5) is 0 Å². The van der Waals surface area contributed by atoms with Gasteiger partial charge >= 0.3 is 0 Å². The van der Waals surface area contributed by atoms with Crippen LogP contribution in [-0.4, -0.2) is 12.3 Å². The van der Waals surface area contributed by atoms with Crippen molar-refractivity contribution in [3.05, 3.63) is 47.5 Å². The van der Waals surface area contributed by atoms with E-state index in [0.717, 1.165) is 5.92 Å². The van der Waals surface area contributed by atoms with E-state index in [-0.39, 0.29) is 0 Å². The molecule has 0 radical (unpaired) electrons. The predicted octanol–water partition coefficient (Wildman–Crippen LogP) is 3.92. The molecule has 0 fully saturated rings. The Labute approximate surface area is 114 Å². The highest BCUT2D eigenvalue weighted by atomic mass is 32.2. The minimum absolute atomic E-state index is 0.561. The molecule has 1 aromatic rings. The first-order valence-corrected chi connectivity index (χ1v) is 8.13. The summed E-state index contributed by atoms with van der Waals surface area (Å²) in [6.45, 7) is 1.17. The van der Waals surface area contributed by atoms with E-state index in [1.165, 1.54) is 48.4 Å².